The molecular weight excluding hydrogens is 339 g/mol. The average Bonchev–Trinajstić information content (AvgIpc) is 3.12. The quantitative estimate of drug-likeness (QED) is 0.676. The van der Waals surface area contributed by atoms with Crippen molar-refractivity contribution in [2.75, 3.05) is 0 Å². The molecule has 3 rings (SSSR count). The van der Waals surface area contributed by atoms with Gasteiger partial charge in [0.05, 0.1) is 14.9 Å². The fourth-order valence-electron chi connectivity index (χ4n) is 2.04. The second-order valence-corrected chi connectivity index (χ2v) is 6.81. The van der Waals surface area contributed by atoms with E-state index in [1.54, 1.807) is 11.3 Å². The van der Waals surface area contributed by atoms with Crippen LogP contribution in [0.4, 0.5) is 0 Å². The van der Waals surface area contributed by atoms with E-state index in [0.29, 0.717) is 23.1 Å². The number of aryl methyl sites for hydroxylation is 1. The van der Waals surface area contributed by atoms with Crippen LogP contribution in [-0.2, 0) is 13.1 Å². The molecule has 0 atom stereocenters. The summed E-state index contributed by atoms with van der Waals surface area (Å²) in [7, 11) is 0. The zero-order valence-electron chi connectivity index (χ0n) is 11.9. The SMILES string of the molecule is Cc1ccc(-c2cnc(CNCc3ccc(Cl)c(Cl)c3)s2)o1. The smallest absolute Gasteiger partial charge is 0.145 e. The highest BCUT2D eigenvalue weighted by Gasteiger charge is 2.08. The second-order valence-electron chi connectivity index (χ2n) is 4.88. The van der Waals surface area contributed by atoms with Gasteiger partial charge < -0.3 is 9.73 Å². The lowest BCUT2D eigenvalue weighted by molar-refractivity contribution is 0.549. The Morgan fingerprint density at radius 1 is 1.14 bits per heavy atom. The minimum Gasteiger partial charge on any atom is -0.460 e. The third-order valence-corrected chi connectivity index (χ3v) is 4.88. The fourth-order valence-corrected chi connectivity index (χ4v) is 3.21. The lowest BCUT2D eigenvalue weighted by Crippen LogP contribution is -2.12. The van der Waals surface area contributed by atoms with Crippen molar-refractivity contribution in [1.82, 2.24) is 10.3 Å². The molecule has 0 aliphatic carbocycles. The zero-order chi connectivity index (χ0) is 15.5. The monoisotopic (exact) mass is 352 g/mol. The van der Waals surface area contributed by atoms with Gasteiger partial charge in [0.15, 0.2) is 0 Å². The van der Waals surface area contributed by atoms with Crippen LogP contribution >= 0.6 is 34.5 Å². The van der Waals surface area contributed by atoms with E-state index in [0.717, 1.165) is 27.0 Å². The van der Waals surface area contributed by atoms with Crippen LogP contribution in [0.5, 0.6) is 0 Å². The summed E-state index contributed by atoms with van der Waals surface area (Å²) in [6, 6.07) is 9.56. The number of nitrogens with one attached hydrogen (secondary N) is 1. The van der Waals surface area contributed by atoms with Crippen LogP contribution in [0.25, 0.3) is 10.6 Å². The van der Waals surface area contributed by atoms with E-state index in [2.05, 4.69) is 10.3 Å². The molecule has 22 heavy (non-hydrogen) atoms. The van der Waals surface area contributed by atoms with E-state index < -0.39 is 0 Å². The van der Waals surface area contributed by atoms with Crippen LogP contribution in [0, 0.1) is 6.92 Å². The van der Waals surface area contributed by atoms with Crippen LogP contribution in [0.2, 0.25) is 10.0 Å². The molecule has 0 radical (unpaired) electrons. The molecule has 0 amide bonds. The molecular formula is C16H14Cl2N2OS. The maximum atomic E-state index is 6.00. The third kappa shape index (κ3) is 3.70. The highest BCUT2D eigenvalue weighted by Crippen LogP contribution is 2.27. The van der Waals surface area contributed by atoms with Gasteiger partial charge in [-0.25, -0.2) is 4.98 Å². The number of hydrogen-bond donors (Lipinski definition) is 1. The minimum atomic E-state index is 0.573. The third-order valence-electron chi connectivity index (χ3n) is 3.13. The van der Waals surface area contributed by atoms with Crippen molar-refractivity contribution in [2.24, 2.45) is 0 Å². The van der Waals surface area contributed by atoms with Crippen molar-refractivity contribution < 1.29 is 4.42 Å². The summed E-state index contributed by atoms with van der Waals surface area (Å²) in [5, 5.41) is 5.52. The first-order chi connectivity index (χ1) is 10.6. The average molecular weight is 353 g/mol. The number of nitrogens with zero attached hydrogens (tertiary/aromatic N) is 1. The molecule has 0 saturated heterocycles. The van der Waals surface area contributed by atoms with Crippen molar-refractivity contribution in [3.05, 3.63) is 62.9 Å². The van der Waals surface area contributed by atoms with Crippen molar-refractivity contribution in [2.45, 2.75) is 20.0 Å². The summed E-state index contributed by atoms with van der Waals surface area (Å²) in [6.07, 6.45) is 1.85. The number of rotatable bonds is 5. The molecule has 2 aromatic heterocycles. The molecule has 0 fully saturated rings. The van der Waals surface area contributed by atoms with Crippen LogP contribution < -0.4 is 5.32 Å². The lowest BCUT2D eigenvalue weighted by atomic mass is 10.2. The van der Waals surface area contributed by atoms with Gasteiger partial charge in [0.2, 0.25) is 0 Å². The van der Waals surface area contributed by atoms with Crippen LogP contribution in [0.15, 0.2) is 40.9 Å². The van der Waals surface area contributed by atoms with Gasteiger partial charge in [-0.15, -0.1) is 11.3 Å². The van der Waals surface area contributed by atoms with Crippen molar-refractivity contribution in [1.29, 1.82) is 0 Å². The van der Waals surface area contributed by atoms with Gasteiger partial charge in [0.1, 0.15) is 16.5 Å². The number of benzene rings is 1. The molecule has 0 unspecified atom stereocenters. The van der Waals surface area contributed by atoms with Crippen LogP contribution in [-0.4, -0.2) is 4.98 Å². The van der Waals surface area contributed by atoms with E-state index in [9.17, 15) is 0 Å². The molecule has 0 saturated carbocycles. The highest BCUT2D eigenvalue weighted by molar-refractivity contribution is 7.15. The number of furan rings is 1. The second kappa shape index (κ2) is 6.84. The number of aromatic nitrogens is 1. The van der Waals surface area contributed by atoms with E-state index in [1.807, 2.05) is 43.5 Å². The zero-order valence-corrected chi connectivity index (χ0v) is 14.2. The van der Waals surface area contributed by atoms with Crippen LogP contribution in [0.3, 0.4) is 0 Å². The minimum absolute atomic E-state index is 0.573. The first-order valence-electron chi connectivity index (χ1n) is 6.78. The normalized spacial score (nSPS) is 11.0. The molecule has 3 aromatic rings. The molecule has 3 nitrogen and oxygen atoms in total. The van der Waals surface area contributed by atoms with Gasteiger partial charge in [-0.3, -0.25) is 0 Å². The maximum Gasteiger partial charge on any atom is 0.145 e. The molecule has 1 aromatic carbocycles. The Hall–Kier alpha value is -1.33. The Labute approximate surface area is 142 Å². The number of thiazole rings is 1. The topological polar surface area (TPSA) is 38.1 Å². The molecule has 0 aliphatic rings. The van der Waals surface area contributed by atoms with Crippen molar-refractivity contribution in [3.63, 3.8) is 0 Å². The van der Waals surface area contributed by atoms with E-state index in [-0.39, 0.29) is 0 Å². The molecule has 114 valence electrons. The van der Waals surface area contributed by atoms with Crippen molar-refractivity contribution >= 4 is 34.5 Å². The van der Waals surface area contributed by atoms with Crippen molar-refractivity contribution in [3.8, 4) is 10.6 Å². The highest BCUT2D eigenvalue weighted by atomic mass is 35.5. The molecule has 2 heterocycles. The predicted octanol–water partition coefficient (Wildman–Crippen LogP) is 5.31. The maximum absolute atomic E-state index is 6.00. The Morgan fingerprint density at radius 2 is 2.00 bits per heavy atom. The molecule has 0 spiro atoms. The summed E-state index contributed by atoms with van der Waals surface area (Å²) in [6.45, 7) is 3.35. The van der Waals surface area contributed by atoms with Gasteiger partial charge in [-0.05, 0) is 36.8 Å². The fraction of sp³-hybridized carbons (Fsp3) is 0.188. The molecule has 1 N–H and O–H groups in total. The summed E-state index contributed by atoms with van der Waals surface area (Å²) in [5.74, 6) is 1.77. The summed E-state index contributed by atoms with van der Waals surface area (Å²) in [5.41, 5.74) is 1.09. The first-order valence-corrected chi connectivity index (χ1v) is 8.35. The van der Waals surface area contributed by atoms with Gasteiger partial charge in [0, 0.05) is 19.3 Å². The van der Waals surface area contributed by atoms with E-state index in [1.165, 1.54) is 0 Å². The summed E-state index contributed by atoms with van der Waals surface area (Å²) < 4.78 is 5.60. The van der Waals surface area contributed by atoms with Gasteiger partial charge in [0.25, 0.3) is 0 Å². The van der Waals surface area contributed by atoms with Gasteiger partial charge in [-0.1, -0.05) is 29.3 Å². The summed E-state index contributed by atoms with van der Waals surface area (Å²) in [4.78, 5) is 5.45. The molecule has 0 aliphatic heterocycles. The van der Waals surface area contributed by atoms with Crippen LogP contribution in [0.1, 0.15) is 16.3 Å². The van der Waals surface area contributed by atoms with E-state index in [4.69, 9.17) is 27.6 Å². The largest absolute Gasteiger partial charge is 0.460 e. The Kier molecular flexibility index (Phi) is 4.84. The Bertz CT molecular complexity index is 782. The number of halogens is 2. The molecule has 6 heteroatoms. The Morgan fingerprint density at radius 3 is 2.73 bits per heavy atom. The molecule has 0 bridgehead atoms. The first kappa shape index (κ1) is 15.6. The Balaban J connectivity index is 1.58. The van der Waals surface area contributed by atoms with E-state index >= 15 is 0 Å². The number of hydrogen-bond acceptors (Lipinski definition) is 4. The van der Waals surface area contributed by atoms with Gasteiger partial charge in [-0.2, -0.15) is 0 Å². The summed E-state index contributed by atoms with van der Waals surface area (Å²) >= 11 is 13.5. The standard InChI is InChI=1S/C16H14Cl2N2OS/c1-10-2-5-14(21-10)15-8-20-16(22-15)9-19-7-11-3-4-12(17)13(18)6-11/h2-6,8,19H,7,9H2,1H3. The lowest BCUT2D eigenvalue weighted by Gasteiger charge is -2.04. The van der Waals surface area contributed by atoms with Gasteiger partial charge >= 0.3 is 0 Å². The predicted molar refractivity (Wildman–Crippen MR) is 91.6 cm³/mol.